The number of hydrogen-bond donors (Lipinski definition) is 2. The van der Waals surface area contributed by atoms with Crippen molar-refractivity contribution in [2.24, 2.45) is 0 Å². The Balaban J connectivity index is 1.36. The van der Waals surface area contributed by atoms with Gasteiger partial charge >= 0.3 is 0 Å². The number of H-pyrrole nitrogens is 2. The van der Waals surface area contributed by atoms with Gasteiger partial charge in [0.2, 0.25) is 0 Å². The third kappa shape index (κ3) is 4.48. The Bertz CT molecular complexity index is 2940. The fourth-order valence-electron chi connectivity index (χ4n) is 6.94. The van der Waals surface area contributed by atoms with Gasteiger partial charge in [-0.15, -0.1) is 0 Å². The number of hydrogen-bond acceptors (Lipinski definition) is 6. The number of unbranched alkanes of at least 4 members (excludes halogenated alkanes) is 2. The SMILES string of the molecule is CCCCC#Cc1cccc2cc3c4nc5nc(nc6[nH]c(nc7nc(nc([nH]4)c3cc12)-c1ccccc1-7)c1ccccc61)-c1ccccc1-5. The lowest BCUT2D eigenvalue weighted by Gasteiger charge is -2.02. The second-order valence-electron chi connectivity index (χ2n) is 12.6. The molecule has 0 saturated carbocycles. The third-order valence-electron chi connectivity index (χ3n) is 9.43. The zero-order chi connectivity index (χ0) is 33.2. The van der Waals surface area contributed by atoms with Crippen molar-refractivity contribution < 1.29 is 0 Å². The highest BCUT2D eigenvalue weighted by Crippen LogP contribution is 2.37. The number of aromatic nitrogens is 8. The van der Waals surface area contributed by atoms with Gasteiger partial charge in [-0.05, 0) is 35.4 Å². The lowest BCUT2D eigenvalue weighted by molar-refractivity contribution is 0.828. The molecule has 236 valence electrons. The predicted molar refractivity (Wildman–Crippen MR) is 200 cm³/mol. The van der Waals surface area contributed by atoms with E-state index in [0.717, 1.165) is 79.4 Å². The van der Waals surface area contributed by atoms with Crippen LogP contribution in [-0.4, -0.2) is 39.9 Å². The summed E-state index contributed by atoms with van der Waals surface area (Å²) in [5, 5.41) is 5.90. The maximum atomic E-state index is 5.20. The van der Waals surface area contributed by atoms with Gasteiger partial charge in [0.1, 0.15) is 22.6 Å². The van der Waals surface area contributed by atoms with Crippen LogP contribution in [-0.2, 0) is 0 Å². The summed E-state index contributed by atoms with van der Waals surface area (Å²) in [6.07, 6.45) is 3.08. The quantitative estimate of drug-likeness (QED) is 0.143. The molecular weight excluding hydrogens is 617 g/mol. The van der Waals surface area contributed by atoms with Crippen molar-refractivity contribution in [3.8, 4) is 57.4 Å². The molecule has 2 N–H and O–H groups in total. The van der Waals surface area contributed by atoms with Crippen LogP contribution in [0.1, 0.15) is 31.7 Å². The Kier molecular flexibility index (Phi) is 6.33. The van der Waals surface area contributed by atoms with E-state index in [2.05, 4.69) is 59.1 Å². The highest BCUT2D eigenvalue weighted by Gasteiger charge is 2.22. The number of nitrogens with one attached hydrogen (secondary N) is 2. The second-order valence-corrected chi connectivity index (χ2v) is 12.6. The second kappa shape index (κ2) is 11.2. The number of nitrogens with zero attached hydrogens (tertiary/aromatic N) is 6. The van der Waals surface area contributed by atoms with E-state index in [4.69, 9.17) is 29.9 Å². The number of benzene rings is 5. The molecule has 0 spiro atoms. The van der Waals surface area contributed by atoms with Crippen molar-refractivity contribution in [1.29, 1.82) is 0 Å². The Morgan fingerprint density at radius 2 is 0.960 bits per heavy atom. The molecule has 8 heteroatoms. The van der Waals surface area contributed by atoms with Crippen molar-refractivity contribution in [1.82, 2.24) is 39.9 Å². The summed E-state index contributed by atoms with van der Waals surface area (Å²) in [6, 6.07) is 34.9. The van der Waals surface area contributed by atoms with Crippen LogP contribution in [0.5, 0.6) is 0 Å². The molecule has 8 aromatic rings. The van der Waals surface area contributed by atoms with E-state index in [1.165, 1.54) is 0 Å². The van der Waals surface area contributed by atoms with Crippen LogP contribution >= 0.6 is 0 Å². The molecule has 0 saturated heterocycles. The third-order valence-corrected chi connectivity index (χ3v) is 9.43. The molecule has 0 atom stereocenters. The minimum atomic E-state index is 0.578. The number of rotatable bonds is 2. The first kappa shape index (κ1) is 28.3. The van der Waals surface area contributed by atoms with Crippen LogP contribution in [0.3, 0.4) is 0 Å². The molecule has 0 unspecified atom stereocenters. The highest BCUT2D eigenvalue weighted by molar-refractivity contribution is 6.12. The zero-order valence-corrected chi connectivity index (χ0v) is 27.1. The Morgan fingerprint density at radius 1 is 0.480 bits per heavy atom. The van der Waals surface area contributed by atoms with Crippen LogP contribution in [0.2, 0.25) is 0 Å². The molecule has 0 aliphatic carbocycles. The summed E-state index contributed by atoms with van der Waals surface area (Å²) in [7, 11) is 0. The standard InChI is InChI=1S/C42H28N8/c1-2-3-4-5-13-24-14-12-15-25-22-33-34(23-32(24)25)42-49-40-31-21-11-9-19-29(31)38(47-40)45-36-27-17-7-6-16-26(27)35(43-36)44-37-28-18-8-10-20-30(28)39(46-37)48-41(33)50-42/h6-12,14-23H,2-4H2,1H3,(H2,43,44,45,46,47,48,49,50). The molecule has 0 fully saturated rings. The van der Waals surface area contributed by atoms with E-state index in [0.29, 0.717) is 45.9 Å². The van der Waals surface area contributed by atoms with Crippen molar-refractivity contribution in [2.45, 2.75) is 26.2 Å². The van der Waals surface area contributed by atoms with Gasteiger partial charge < -0.3 is 9.97 Å². The van der Waals surface area contributed by atoms with Gasteiger partial charge in [-0.3, -0.25) is 0 Å². The van der Waals surface area contributed by atoms with Gasteiger partial charge in [-0.2, -0.15) is 0 Å². The Hall–Kier alpha value is -6.72. The average molecular weight is 645 g/mol. The molecule has 0 radical (unpaired) electrons. The van der Waals surface area contributed by atoms with E-state index in [-0.39, 0.29) is 0 Å². The molecule has 50 heavy (non-hydrogen) atoms. The van der Waals surface area contributed by atoms with E-state index >= 15 is 0 Å². The van der Waals surface area contributed by atoms with E-state index in [1.807, 2.05) is 72.8 Å². The van der Waals surface area contributed by atoms with Crippen LogP contribution < -0.4 is 0 Å². The minimum absolute atomic E-state index is 0.578. The van der Waals surface area contributed by atoms with Crippen molar-refractivity contribution in [2.75, 3.05) is 0 Å². The first-order chi connectivity index (χ1) is 24.7. The summed E-state index contributed by atoms with van der Waals surface area (Å²) in [5.74, 6) is 9.13. The van der Waals surface area contributed by atoms with Gasteiger partial charge in [-0.1, -0.05) is 110 Å². The summed E-state index contributed by atoms with van der Waals surface area (Å²) in [6.45, 7) is 2.19. The predicted octanol–water partition coefficient (Wildman–Crippen LogP) is 9.56. The van der Waals surface area contributed by atoms with E-state index in [9.17, 15) is 0 Å². The zero-order valence-electron chi connectivity index (χ0n) is 27.1. The molecule has 0 amide bonds. The van der Waals surface area contributed by atoms with Gasteiger partial charge in [0.25, 0.3) is 0 Å². The fraction of sp³-hybridized carbons (Fsp3) is 0.0952. The fourth-order valence-corrected chi connectivity index (χ4v) is 6.94. The van der Waals surface area contributed by atoms with Crippen LogP contribution in [0, 0.1) is 11.8 Å². The van der Waals surface area contributed by atoms with Gasteiger partial charge in [-0.25, -0.2) is 29.9 Å². The first-order valence-electron chi connectivity index (χ1n) is 16.9. The highest BCUT2D eigenvalue weighted by atomic mass is 15.1. The molecule has 5 aromatic carbocycles. The Morgan fingerprint density at radius 3 is 1.48 bits per heavy atom. The van der Waals surface area contributed by atoms with Crippen molar-refractivity contribution in [3.05, 3.63) is 109 Å². The maximum absolute atomic E-state index is 5.20. The molecule has 8 nitrogen and oxygen atoms in total. The summed E-state index contributed by atoms with van der Waals surface area (Å²) in [4.78, 5) is 37.7. The number of aromatic amines is 2. The molecule has 2 aliphatic heterocycles. The largest absolute Gasteiger partial charge is 0.324 e. The number of fused-ring (bicyclic) bond motifs is 21. The molecule has 5 heterocycles. The van der Waals surface area contributed by atoms with Crippen LogP contribution in [0.25, 0.3) is 100 Å². The first-order valence-corrected chi connectivity index (χ1v) is 16.9. The molecule has 2 aliphatic rings. The lowest BCUT2D eigenvalue weighted by atomic mass is 10.0. The molecule has 3 aromatic heterocycles. The summed E-state index contributed by atoms with van der Waals surface area (Å²) >= 11 is 0. The van der Waals surface area contributed by atoms with Gasteiger partial charge in [0.15, 0.2) is 23.3 Å². The average Bonchev–Trinajstić information content (AvgIpc) is 3.88. The Labute approximate surface area is 286 Å². The van der Waals surface area contributed by atoms with Gasteiger partial charge in [0, 0.05) is 55.8 Å². The normalized spacial score (nSPS) is 11.8. The van der Waals surface area contributed by atoms with E-state index < -0.39 is 0 Å². The van der Waals surface area contributed by atoms with Crippen LogP contribution in [0.4, 0.5) is 0 Å². The lowest BCUT2D eigenvalue weighted by Crippen LogP contribution is -1.83. The van der Waals surface area contributed by atoms with Crippen molar-refractivity contribution in [3.63, 3.8) is 0 Å². The maximum Gasteiger partial charge on any atom is 0.164 e. The molecular formula is C42H28N8. The monoisotopic (exact) mass is 644 g/mol. The van der Waals surface area contributed by atoms with Crippen LogP contribution in [0.15, 0.2) is 103 Å². The molecule has 10 rings (SSSR count). The topological polar surface area (TPSA) is 109 Å². The van der Waals surface area contributed by atoms with Crippen molar-refractivity contribution >= 4 is 54.9 Å². The summed E-state index contributed by atoms with van der Waals surface area (Å²) in [5.41, 5.74) is 7.32. The van der Waals surface area contributed by atoms with Gasteiger partial charge in [0.05, 0.1) is 0 Å². The van der Waals surface area contributed by atoms with E-state index in [1.54, 1.807) is 0 Å². The smallest absolute Gasteiger partial charge is 0.164 e. The summed E-state index contributed by atoms with van der Waals surface area (Å²) < 4.78 is 0. The molecule has 8 bridgehead atoms. The minimum Gasteiger partial charge on any atom is -0.324 e.